The van der Waals surface area contributed by atoms with Crippen LogP contribution in [0.1, 0.15) is 24.5 Å². The molecule has 3 rings (SSSR count). The highest BCUT2D eigenvalue weighted by molar-refractivity contribution is 6.31. The van der Waals surface area contributed by atoms with E-state index in [9.17, 15) is 9.59 Å². The van der Waals surface area contributed by atoms with Gasteiger partial charge in [0.2, 0.25) is 0 Å². The van der Waals surface area contributed by atoms with Crippen molar-refractivity contribution in [2.45, 2.75) is 20.3 Å². The number of benzene rings is 2. The quantitative estimate of drug-likeness (QED) is 0.673. The van der Waals surface area contributed by atoms with Gasteiger partial charge in [-0.15, -0.1) is 0 Å². The fourth-order valence-electron chi connectivity index (χ4n) is 2.53. The summed E-state index contributed by atoms with van der Waals surface area (Å²) in [6.45, 7) is 4.57. The Morgan fingerprint density at radius 2 is 1.80 bits per heavy atom. The van der Waals surface area contributed by atoms with E-state index < -0.39 is 5.91 Å². The minimum Gasteiger partial charge on any atom is -0.493 e. The minimum absolute atomic E-state index is 0.0909. The van der Waals surface area contributed by atoms with Gasteiger partial charge in [-0.1, -0.05) is 42.8 Å². The zero-order chi connectivity index (χ0) is 17.8. The molecule has 0 unspecified atom stereocenters. The van der Waals surface area contributed by atoms with Gasteiger partial charge >= 0.3 is 0 Å². The third-order valence-electron chi connectivity index (χ3n) is 3.86. The van der Waals surface area contributed by atoms with Gasteiger partial charge in [0.25, 0.3) is 11.8 Å². The monoisotopic (exact) mass is 336 g/mol. The Labute approximate surface area is 146 Å². The van der Waals surface area contributed by atoms with E-state index in [1.54, 1.807) is 18.2 Å². The zero-order valence-electron chi connectivity index (χ0n) is 14.3. The van der Waals surface area contributed by atoms with Gasteiger partial charge < -0.3 is 4.74 Å². The van der Waals surface area contributed by atoms with Gasteiger partial charge in [0.15, 0.2) is 0 Å². The Morgan fingerprint density at radius 3 is 2.52 bits per heavy atom. The second kappa shape index (κ2) is 7.21. The molecule has 0 atom stereocenters. The standard InChI is InChI=1S/C20H20N2O3/c1-3-12-25-18-7-5-4-6-15(18)13-17-19(23)21-22(20(17)24)16-10-8-14(2)9-11-16/h4-11,13H,3,12H2,1-2H3,(H,21,23)/b17-13-. The number of nitrogens with zero attached hydrogens (tertiary/aromatic N) is 1. The van der Waals surface area contributed by atoms with Crippen molar-refractivity contribution in [3.8, 4) is 5.75 Å². The molecule has 1 fully saturated rings. The van der Waals surface area contributed by atoms with Crippen molar-refractivity contribution in [2.24, 2.45) is 0 Å². The lowest BCUT2D eigenvalue weighted by Gasteiger charge is -2.14. The van der Waals surface area contributed by atoms with Crippen LogP contribution in [0.3, 0.4) is 0 Å². The molecule has 0 spiro atoms. The molecule has 0 bridgehead atoms. The molecule has 1 aliphatic rings. The van der Waals surface area contributed by atoms with Gasteiger partial charge in [-0.05, 0) is 37.6 Å². The number of aryl methyl sites for hydroxylation is 1. The first kappa shape index (κ1) is 16.8. The lowest BCUT2D eigenvalue weighted by molar-refractivity contribution is -0.117. The van der Waals surface area contributed by atoms with E-state index in [1.165, 1.54) is 5.01 Å². The number of hydrazine groups is 1. The van der Waals surface area contributed by atoms with Crippen LogP contribution >= 0.6 is 0 Å². The van der Waals surface area contributed by atoms with Crippen LogP contribution in [0.5, 0.6) is 5.75 Å². The average molecular weight is 336 g/mol. The number of carbonyl (C=O) groups excluding carboxylic acids is 2. The highest BCUT2D eigenvalue weighted by atomic mass is 16.5. The topological polar surface area (TPSA) is 58.6 Å². The summed E-state index contributed by atoms with van der Waals surface area (Å²) in [4.78, 5) is 24.9. The van der Waals surface area contributed by atoms with E-state index in [0.29, 0.717) is 23.6 Å². The fourth-order valence-corrected chi connectivity index (χ4v) is 2.53. The summed E-state index contributed by atoms with van der Waals surface area (Å²) >= 11 is 0. The maximum atomic E-state index is 12.7. The second-order valence-electron chi connectivity index (χ2n) is 5.86. The van der Waals surface area contributed by atoms with E-state index in [4.69, 9.17) is 4.74 Å². The van der Waals surface area contributed by atoms with Gasteiger partial charge in [0.1, 0.15) is 11.3 Å². The number of amides is 2. The second-order valence-corrected chi connectivity index (χ2v) is 5.86. The number of hydrogen-bond acceptors (Lipinski definition) is 3. The molecule has 0 saturated carbocycles. The molecule has 1 heterocycles. The Bertz CT molecular complexity index is 825. The predicted molar refractivity (Wildman–Crippen MR) is 97.0 cm³/mol. The zero-order valence-corrected chi connectivity index (χ0v) is 14.3. The summed E-state index contributed by atoms with van der Waals surface area (Å²) in [5.41, 5.74) is 5.12. The first-order valence-electron chi connectivity index (χ1n) is 8.26. The van der Waals surface area contributed by atoms with Crippen LogP contribution in [0, 0.1) is 6.92 Å². The van der Waals surface area contributed by atoms with Crippen molar-refractivity contribution in [2.75, 3.05) is 11.6 Å². The van der Waals surface area contributed by atoms with Crippen LogP contribution in [0.4, 0.5) is 5.69 Å². The van der Waals surface area contributed by atoms with Crippen molar-refractivity contribution in [1.29, 1.82) is 0 Å². The van der Waals surface area contributed by atoms with E-state index in [2.05, 4.69) is 5.43 Å². The van der Waals surface area contributed by atoms with E-state index >= 15 is 0 Å². The summed E-state index contributed by atoms with van der Waals surface area (Å²) in [5.74, 6) is -0.138. The number of para-hydroxylation sites is 1. The van der Waals surface area contributed by atoms with Gasteiger partial charge in [-0.3, -0.25) is 15.0 Å². The van der Waals surface area contributed by atoms with E-state index in [1.807, 2.05) is 50.2 Å². The summed E-state index contributed by atoms with van der Waals surface area (Å²) in [7, 11) is 0. The first-order valence-corrected chi connectivity index (χ1v) is 8.26. The van der Waals surface area contributed by atoms with Crippen LogP contribution in [0.25, 0.3) is 6.08 Å². The highest BCUT2D eigenvalue weighted by Gasteiger charge is 2.34. The summed E-state index contributed by atoms with van der Waals surface area (Å²) in [5, 5.41) is 1.27. The van der Waals surface area contributed by atoms with Crippen molar-refractivity contribution in [3.05, 3.63) is 65.2 Å². The van der Waals surface area contributed by atoms with Crippen LogP contribution < -0.4 is 15.2 Å². The number of hydrogen-bond donors (Lipinski definition) is 1. The Hall–Kier alpha value is -3.08. The minimum atomic E-state index is -0.420. The predicted octanol–water partition coefficient (Wildman–Crippen LogP) is 3.25. The third-order valence-corrected chi connectivity index (χ3v) is 3.86. The maximum absolute atomic E-state index is 12.7. The summed E-state index contributed by atoms with van der Waals surface area (Å²) in [6, 6.07) is 14.8. The molecule has 128 valence electrons. The van der Waals surface area contributed by atoms with Crippen LogP contribution in [0.2, 0.25) is 0 Å². The molecule has 5 nitrogen and oxygen atoms in total. The van der Waals surface area contributed by atoms with Gasteiger partial charge in [-0.25, -0.2) is 5.01 Å². The molecular weight excluding hydrogens is 316 g/mol. The van der Waals surface area contributed by atoms with E-state index in [0.717, 1.165) is 12.0 Å². The molecule has 1 N–H and O–H groups in total. The maximum Gasteiger partial charge on any atom is 0.282 e. The number of rotatable bonds is 5. The van der Waals surface area contributed by atoms with Crippen LogP contribution in [0.15, 0.2) is 54.1 Å². The molecule has 0 radical (unpaired) electrons. The Balaban J connectivity index is 1.90. The number of nitrogens with one attached hydrogen (secondary N) is 1. The van der Waals surface area contributed by atoms with Crippen LogP contribution in [-0.4, -0.2) is 18.4 Å². The molecule has 1 saturated heterocycles. The molecule has 5 heteroatoms. The number of anilines is 1. The molecular formula is C20H20N2O3. The lowest BCUT2D eigenvalue weighted by atomic mass is 10.1. The average Bonchev–Trinajstić information content (AvgIpc) is 2.90. The van der Waals surface area contributed by atoms with Crippen molar-refractivity contribution >= 4 is 23.6 Å². The van der Waals surface area contributed by atoms with Gasteiger partial charge in [0, 0.05) is 5.56 Å². The van der Waals surface area contributed by atoms with E-state index in [-0.39, 0.29) is 11.5 Å². The highest BCUT2D eigenvalue weighted by Crippen LogP contribution is 2.25. The number of ether oxygens (including phenoxy) is 1. The molecule has 2 amide bonds. The van der Waals surface area contributed by atoms with Crippen molar-refractivity contribution < 1.29 is 14.3 Å². The Kier molecular flexibility index (Phi) is 4.84. The molecule has 2 aromatic carbocycles. The Morgan fingerprint density at radius 1 is 1.08 bits per heavy atom. The fraction of sp³-hybridized carbons (Fsp3) is 0.200. The third kappa shape index (κ3) is 3.55. The molecule has 1 aliphatic heterocycles. The number of carbonyl (C=O) groups is 2. The van der Waals surface area contributed by atoms with Gasteiger partial charge in [-0.2, -0.15) is 0 Å². The van der Waals surface area contributed by atoms with Crippen molar-refractivity contribution in [1.82, 2.24) is 5.43 Å². The van der Waals surface area contributed by atoms with Gasteiger partial charge in [0.05, 0.1) is 12.3 Å². The first-order chi connectivity index (χ1) is 12.1. The largest absolute Gasteiger partial charge is 0.493 e. The molecule has 25 heavy (non-hydrogen) atoms. The van der Waals surface area contributed by atoms with Crippen molar-refractivity contribution in [3.63, 3.8) is 0 Å². The smallest absolute Gasteiger partial charge is 0.282 e. The molecule has 2 aromatic rings. The molecule has 0 aliphatic carbocycles. The summed E-state index contributed by atoms with van der Waals surface area (Å²) in [6.07, 6.45) is 2.46. The normalized spacial score (nSPS) is 15.6. The molecule has 0 aromatic heterocycles. The van der Waals surface area contributed by atoms with Crippen LogP contribution in [-0.2, 0) is 9.59 Å². The SMILES string of the molecule is CCCOc1ccccc1/C=C1/C(=O)NN(c2ccc(C)cc2)C1=O. The lowest BCUT2D eigenvalue weighted by Crippen LogP contribution is -2.35. The summed E-state index contributed by atoms with van der Waals surface area (Å²) < 4.78 is 5.69.